The van der Waals surface area contributed by atoms with Gasteiger partial charge in [-0.05, 0) is 18.9 Å². The standard InChI is InChI=1S/C15H22N4O2S/c1-21-14-5-4-13(16-17-14)19-6-2-3-12(11-19)15(20)18-7-9-22-10-8-18/h4-5,12H,2-3,6-11H2,1H3/t12-/m1/s1. The van der Waals surface area contributed by atoms with Crippen molar-refractivity contribution in [2.75, 3.05) is 49.7 Å². The van der Waals surface area contributed by atoms with Crippen molar-refractivity contribution in [2.45, 2.75) is 12.8 Å². The fourth-order valence-corrected chi connectivity index (χ4v) is 3.92. The summed E-state index contributed by atoms with van der Waals surface area (Å²) in [5.41, 5.74) is 0. The Morgan fingerprint density at radius 2 is 2.09 bits per heavy atom. The predicted molar refractivity (Wildman–Crippen MR) is 87.4 cm³/mol. The van der Waals surface area contributed by atoms with Crippen LogP contribution in [0.4, 0.5) is 5.82 Å². The molecule has 7 heteroatoms. The molecule has 3 rings (SSSR count). The molecule has 0 bridgehead atoms. The first kappa shape index (κ1) is 15.4. The molecule has 0 radical (unpaired) electrons. The average molecular weight is 322 g/mol. The SMILES string of the molecule is COc1ccc(N2CCC[C@@H](C(=O)N3CCSCC3)C2)nn1. The number of carbonyl (C=O) groups excluding carboxylic acids is 1. The number of methoxy groups -OCH3 is 1. The number of piperidine rings is 1. The molecule has 1 amide bonds. The summed E-state index contributed by atoms with van der Waals surface area (Å²) in [6.07, 6.45) is 2.00. The van der Waals surface area contributed by atoms with E-state index >= 15 is 0 Å². The van der Waals surface area contributed by atoms with Crippen LogP contribution in [0.1, 0.15) is 12.8 Å². The second kappa shape index (κ2) is 7.17. The molecule has 0 aromatic carbocycles. The lowest BCUT2D eigenvalue weighted by Crippen LogP contribution is -2.47. The van der Waals surface area contributed by atoms with Gasteiger partial charge in [-0.3, -0.25) is 4.79 Å². The molecule has 0 unspecified atom stereocenters. The molecule has 2 aliphatic heterocycles. The molecule has 0 N–H and O–H groups in total. The highest BCUT2D eigenvalue weighted by atomic mass is 32.2. The van der Waals surface area contributed by atoms with Gasteiger partial charge >= 0.3 is 0 Å². The van der Waals surface area contributed by atoms with Crippen LogP contribution in [0.25, 0.3) is 0 Å². The van der Waals surface area contributed by atoms with Crippen molar-refractivity contribution < 1.29 is 9.53 Å². The van der Waals surface area contributed by atoms with Crippen molar-refractivity contribution in [1.29, 1.82) is 0 Å². The Hall–Kier alpha value is -1.50. The van der Waals surface area contributed by atoms with Crippen LogP contribution >= 0.6 is 11.8 Å². The first-order valence-corrected chi connectivity index (χ1v) is 8.92. The van der Waals surface area contributed by atoms with Gasteiger partial charge in [0.05, 0.1) is 13.0 Å². The highest BCUT2D eigenvalue weighted by molar-refractivity contribution is 7.99. The van der Waals surface area contributed by atoms with Gasteiger partial charge in [-0.15, -0.1) is 10.2 Å². The third-order valence-electron chi connectivity index (χ3n) is 4.25. The van der Waals surface area contributed by atoms with Gasteiger partial charge in [0.2, 0.25) is 11.8 Å². The number of aromatic nitrogens is 2. The summed E-state index contributed by atoms with van der Waals surface area (Å²) in [7, 11) is 1.58. The Kier molecular flexibility index (Phi) is 5.02. The second-order valence-electron chi connectivity index (χ2n) is 5.66. The highest BCUT2D eigenvalue weighted by Gasteiger charge is 2.30. The van der Waals surface area contributed by atoms with Crippen molar-refractivity contribution in [3.63, 3.8) is 0 Å². The second-order valence-corrected chi connectivity index (χ2v) is 6.88. The Labute approximate surface area is 135 Å². The van der Waals surface area contributed by atoms with Gasteiger partial charge in [-0.2, -0.15) is 11.8 Å². The molecular weight excluding hydrogens is 300 g/mol. The molecule has 1 aromatic rings. The van der Waals surface area contributed by atoms with Gasteiger partial charge in [0.25, 0.3) is 0 Å². The summed E-state index contributed by atoms with van der Waals surface area (Å²) in [4.78, 5) is 16.9. The molecule has 120 valence electrons. The van der Waals surface area contributed by atoms with Crippen LogP contribution in [0.15, 0.2) is 12.1 Å². The smallest absolute Gasteiger partial charge is 0.233 e. The normalized spacial score (nSPS) is 22.5. The van der Waals surface area contributed by atoms with E-state index in [9.17, 15) is 4.79 Å². The Morgan fingerprint density at radius 3 is 2.77 bits per heavy atom. The van der Waals surface area contributed by atoms with E-state index in [2.05, 4.69) is 15.1 Å². The Balaban J connectivity index is 1.64. The number of ether oxygens (including phenoxy) is 1. The summed E-state index contributed by atoms with van der Waals surface area (Å²) >= 11 is 1.93. The third kappa shape index (κ3) is 3.45. The average Bonchev–Trinajstić information content (AvgIpc) is 2.62. The van der Waals surface area contributed by atoms with Crippen molar-refractivity contribution in [2.24, 2.45) is 5.92 Å². The topological polar surface area (TPSA) is 58.6 Å². The molecule has 0 spiro atoms. The van der Waals surface area contributed by atoms with Crippen molar-refractivity contribution >= 4 is 23.5 Å². The monoisotopic (exact) mass is 322 g/mol. The summed E-state index contributed by atoms with van der Waals surface area (Å²) in [6.45, 7) is 3.45. The van der Waals surface area contributed by atoms with E-state index in [0.29, 0.717) is 11.8 Å². The number of nitrogens with zero attached hydrogens (tertiary/aromatic N) is 4. The minimum absolute atomic E-state index is 0.0840. The largest absolute Gasteiger partial charge is 0.480 e. The van der Waals surface area contributed by atoms with Crippen molar-refractivity contribution in [3.8, 4) is 5.88 Å². The minimum Gasteiger partial charge on any atom is -0.480 e. The maximum atomic E-state index is 12.7. The molecule has 22 heavy (non-hydrogen) atoms. The number of carbonyl (C=O) groups is 1. The zero-order valence-corrected chi connectivity index (χ0v) is 13.7. The van der Waals surface area contributed by atoms with E-state index in [-0.39, 0.29) is 5.92 Å². The number of amides is 1. The van der Waals surface area contributed by atoms with Gasteiger partial charge in [-0.25, -0.2) is 0 Å². The zero-order chi connectivity index (χ0) is 15.4. The van der Waals surface area contributed by atoms with Gasteiger partial charge < -0.3 is 14.5 Å². The van der Waals surface area contributed by atoms with Gasteiger partial charge in [-0.1, -0.05) is 0 Å². The summed E-state index contributed by atoms with van der Waals surface area (Å²) in [5.74, 6) is 3.86. The lowest BCUT2D eigenvalue weighted by atomic mass is 9.96. The predicted octanol–water partition coefficient (Wildman–Crippen LogP) is 1.28. The number of hydrogen-bond donors (Lipinski definition) is 0. The molecule has 6 nitrogen and oxygen atoms in total. The van der Waals surface area contributed by atoms with Gasteiger partial charge in [0, 0.05) is 43.8 Å². The van der Waals surface area contributed by atoms with Crippen LogP contribution in [0.5, 0.6) is 5.88 Å². The molecule has 1 aromatic heterocycles. The van der Waals surface area contributed by atoms with Gasteiger partial charge in [0.15, 0.2) is 5.82 Å². The quantitative estimate of drug-likeness (QED) is 0.835. The van der Waals surface area contributed by atoms with Gasteiger partial charge in [0.1, 0.15) is 0 Å². The highest BCUT2D eigenvalue weighted by Crippen LogP contribution is 2.24. The first-order chi connectivity index (χ1) is 10.8. The Bertz CT molecular complexity index is 505. The maximum absolute atomic E-state index is 12.7. The molecule has 0 aliphatic carbocycles. The van der Waals surface area contributed by atoms with E-state index in [0.717, 1.165) is 56.3 Å². The first-order valence-electron chi connectivity index (χ1n) is 7.77. The van der Waals surface area contributed by atoms with Crippen LogP contribution < -0.4 is 9.64 Å². The molecule has 1 atom stereocenters. The Morgan fingerprint density at radius 1 is 1.27 bits per heavy atom. The number of thioether (sulfide) groups is 1. The number of rotatable bonds is 3. The van der Waals surface area contributed by atoms with E-state index in [1.807, 2.05) is 28.8 Å². The van der Waals surface area contributed by atoms with Crippen LogP contribution in [0.2, 0.25) is 0 Å². The molecule has 2 aliphatic rings. The van der Waals surface area contributed by atoms with E-state index < -0.39 is 0 Å². The number of anilines is 1. The van der Waals surface area contributed by atoms with Crippen molar-refractivity contribution in [3.05, 3.63) is 12.1 Å². The fourth-order valence-electron chi connectivity index (χ4n) is 3.02. The molecule has 2 fully saturated rings. The molecule has 3 heterocycles. The van der Waals surface area contributed by atoms with E-state index in [4.69, 9.17) is 4.74 Å². The fraction of sp³-hybridized carbons (Fsp3) is 0.667. The summed E-state index contributed by atoms with van der Waals surface area (Å²) in [6, 6.07) is 3.73. The molecule has 0 saturated carbocycles. The van der Waals surface area contributed by atoms with Crippen LogP contribution in [0, 0.1) is 5.92 Å². The number of hydrogen-bond acceptors (Lipinski definition) is 6. The summed E-state index contributed by atoms with van der Waals surface area (Å²) < 4.78 is 5.04. The lowest BCUT2D eigenvalue weighted by Gasteiger charge is -2.36. The summed E-state index contributed by atoms with van der Waals surface area (Å²) in [5, 5.41) is 8.22. The van der Waals surface area contributed by atoms with E-state index in [1.54, 1.807) is 7.11 Å². The third-order valence-corrected chi connectivity index (χ3v) is 5.20. The minimum atomic E-state index is 0.0840. The molecular formula is C15H22N4O2S. The molecule has 2 saturated heterocycles. The van der Waals surface area contributed by atoms with Crippen molar-refractivity contribution in [1.82, 2.24) is 15.1 Å². The lowest BCUT2D eigenvalue weighted by molar-refractivity contribution is -0.135. The van der Waals surface area contributed by atoms with Crippen LogP contribution in [-0.4, -0.2) is 65.8 Å². The van der Waals surface area contributed by atoms with Crippen LogP contribution in [-0.2, 0) is 4.79 Å². The maximum Gasteiger partial charge on any atom is 0.233 e. The van der Waals surface area contributed by atoms with E-state index in [1.165, 1.54) is 0 Å². The van der Waals surface area contributed by atoms with Crippen LogP contribution in [0.3, 0.4) is 0 Å². The zero-order valence-electron chi connectivity index (χ0n) is 12.9.